The minimum atomic E-state index is 0.292. The van der Waals surface area contributed by atoms with Crippen molar-refractivity contribution in [3.05, 3.63) is 30.5 Å². The Kier molecular flexibility index (Phi) is 2.26. The van der Waals surface area contributed by atoms with Crippen LogP contribution >= 0.6 is 0 Å². The fourth-order valence-electron chi connectivity index (χ4n) is 2.16. The summed E-state index contributed by atoms with van der Waals surface area (Å²) < 4.78 is 12.4. The zero-order valence-electron chi connectivity index (χ0n) is 10.2. The van der Waals surface area contributed by atoms with Gasteiger partial charge in [0.2, 0.25) is 5.88 Å². The second-order valence-corrected chi connectivity index (χ2v) is 4.12. The average molecular weight is 243 g/mol. The molecule has 0 bridgehead atoms. The Morgan fingerprint density at radius 2 is 2.17 bits per heavy atom. The molecule has 0 aliphatic heterocycles. The molecular formula is C13H13N3O2. The molecule has 2 heterocycles. The van der Waals surface area contributed by atoms with Gasteiger partial charge in [-0.05, 0) is 18.2 Å². The van der Waals surface area contributed by atoms with E-state index in [1.165, 1.54) is 0 Å². The Hall–Kier alpha value is -2.43. The highest BCUT2D eigenvalue weighted by Crippen LogP contribution is 2.36. The van der Waals surface area contributed by atoms with Crippen molar-refractivity contribution in [1.29, 1.82) is 0 Å². The third kappa shape index (κ3) is 1.44. The number of aromatic nitrogens is 2. The first kappa shape index (κ1) is 10.7. The number of ether oxygens (including phenoxy) is 1. The van der Waals surface area contributed by atoms with Crippen molar-refractivity contribution in [2.45, 2.75) is 0 Å². The molecule has 1 aromatic carbocycles. The molecule has 0 aliphatic carbocycles. The number of nitrogen functional groups attached to an aromatic ring is 1. The molecule has 92 valence electrons. The molecule has 3 aromatic rings. The third-order valence-corrected chi connectivity index (χ3v) is 3.03. The van der Waals surface area contributed by atoms with E-state index in [2.05, 4.69) is 5.16 Å². The highest BCUT2D eigenvalue weighted by molar-refractivity contribution is 5.93. The Balaban J connectivity index is 2.29. The second kappa shape index (κ2) is 3.80. The maximum atomic E-state index is 5.55. The molecular weight excluding hydrogens is 230 g/mol. The van der Waals surface area contributed by atoms with E-state index in [0.717, 1.165) is 22.2 Å². The van der Waals surface area contributed by atoms with Crippen LogP contribution in [0.1, 0.15) is 0 Å². The molecule has 0 saturated carbocycles. The maximum absolute atomic E-state index is 5.55. The normalized spacial score (nSPS) is 11.0. The lowest BCUT2D eigenvalue weighted by atomic mass is 10.1. The van der Waals surface area contributed by atoms with Crippen LogP contribution in [0.5, 0.6) is 5.75 Å². The van der Waals surface area contributed by atoms with Gasteiger partial charge in [-0.25, -0.2) is 0 Å². The molecule has 0 aliphatic rings. The molecule has 0 saturated heterocycles. The number of hydrogen-bond acceptors (Lipinski definition) is 4. The van der Waals surface area contributed by atoms with Crippen molar-refractivity contribution in [2.24, 2.45) is 7.05 Å². The summed E-state index contributed by atoms with van der Waals surface area (Å²) in [5, 5.41) is 4.96. The first-order chi connectivity index (χ1) is 8.70. The number of anilines is 1. The van der Waals surface area contributed by atoms with Crippen molar-refractivity contribution in [2.75, 3.05) is 12.8 Å². The van der Waals surface area contributed by atoms with E-state index in [0.29, 0.717) is 11.6 Å². The van der Waals surface area contributed by atoms with Gasteiger partial charge in [0.05, 0.1) is 12.6 Å². The van der Waals surface area contributed by atoms with Gasteiger partial charge in [0, 0.05) is 30.3 Å². The topological polar surface area (TPSA) is 66.2 Å². The van der Waals surface area contributed by atoms with Gasteiger partial charge in [-0.2, -0.15) is 0 Å². The number of hydrogen-bond donors (Lipinski definition) is 1. The summed E-state index contributed by atoms with van der Waals surface area (Å²) in [6.45, 7) is 0. The first-order valence-electron chi connectivity index (χ1n) is 5.55. The first-order valence-corrected chi connectivity index (χ1v) is 5.55. The van der Waals surface area contributed by atoms with Gasteiger partial charge >= 0.3 is 0 Å². The molecule has 2 aromatic heterocycles. The maximum Gasteiger partial charge on any atom is 0.222 e. The monoisotopic (exact) mass is 243 g/mol. The second-order valence-electron chi connectivity index (χ2n) is 4.12. The van der Waals surface area contributed by atoms with E-state index in [1.54, 1.807) is 13.2 Å². The predicted octanol–water partition coefficient (Wildman–Crippen LogP) is 2.42. The number of fused-ring (bicyclic) bond motifs is 1. The highest BCUT2D eigenvalue weighted by atomic mass is 16.5. The van der Waals surface area contributed by atoms with Gasteiger partial charge in [0.15, 0.2) is 0 Å². The number of benzene rings is 1. The summed E-state index contributed by atoms with van der Waals surface area (Å²) in [5.41, 5.74) is 8.20. The van der Waals surface area contributed by atoms with E-state index < -0.39 is 0 Å². The smallest absolute Gasteiger partial charge is 0.222 e. The van der Waals surface area contributed by atoms with Gasteiger partial charge in [-0.1, -0.05) is 5.16 Å². The summed E-state index contributed by atoms with van der Waals surface area (Å²) in [5.74, 6) is 1.07. The molecule has 18 heavy (non-hydrogen) atoms. The van der Waals surface area contributed by atoms with Crippen LogP contribution < -0.4 is 10.5 Å². The number of nitrogens with zero attached hydrogens (tertiary/aromatic N) is 2. The van der Waals surface area contributed by atoms with E-state index in [9.17, 15) is 0 Å². The van der Waals surface area contributed by atoms with Crippen LogP contribution in [0.3, 0.4) is 0 Å². The quantitative estimate of drug-likeness (QED) is 0.750. The number of aryl methyl sites for hydroxylation is 1. The Labute approximate surface area is 104 Å². The minimum Gasteiger partial charge on any atom is -0.495 e. The van der Waals surface area contributed by atoms with Crippen LogP contribution in [-0.2, 0) is 7.05 Å². The van der Waals surface area contributed by atoms with Gasteiger partial charge in [-0.15, -0.1) is 0 Å². The third-order valence-electron chi connectivity index (χ3n) is 3.03. The number of nitrogens with two attached hydrogens (primary N) is 1. The Morgan fingerprint density at radius 3 is 2.83 bits per heavy atom. The molecule has 0 radical (unpaired) electrons. The fraction of sp³-hybridized carbons (Fsp3) is 0.154. The van der Waals surface area contributed by atoms with E-state index in [-0.39, 0.29) is 0 Å². The molecule has 5 heteroatoms. The van der Waals surface area contributed by atoms with Crippen LogP contribution in [-0.4, -0.2) is 16.8 Å². The lowest BCUT2D eigenvalue weighted by Gasteiger charge is -2.08. The largest absolute Gasteiger partial charge is 0.495 e. The summed E-state index contributed by atoms with van der Waals surface area (Å²) in [6.07, 6.45) is 1.99. The van der Waals surface area contributed by atoms with Crippen molar-refractivity contribution in [3.63, 3.8) is 0 Å². The fourth-order valence-corrected chi connectivity index (χ4v) is 2.16. The SMILES string of the molecule is COc1c(-c2cc(N)on2)ccc2c1ccn2C. The standard InChI is InChI=1S/C13H13N3O2/c1-16-6-5-9-11(16)4-3-8(13(9)17-2)10-7-12(14)18-15-10/h3-7H,14H2,1-2H3. The van der Waals surface area contributed by atoms with E-state index >= 15 is 0 Å². The van der Waals surface area contributed by atoms with Gasteiger partial charge in [0.1, 0.15) is 11.4 Å². The molecule has 0 unspecified atom stereocenters. The zero-order valence-corrected chi connectivity index (χ0v) is 10.2. The lowest BCUT2D eigenvalue weighted by Crippen LogP contribution is -1.90. The summed E-state index contributed by atoms with van der Waals surface area (Å²) in [4.78, 5) is 0. The summed E-state index contributed by atoms with van der Waals surface area (Å²) in [6, 6.07) is 7.68. The lowest BCUT2D eigenvalue weighted by molar-refractivity contribution is 0.418. The number of rotatable bonds is 2. The van der Waals surface area contributed by atoms with Crippen LogP contribution in [0.4, 0.5) is 5.88 Å². The highest BCUT2D eigenvalue weighted by Gasteiger charge is 2.14. The van der Waals surface area contributed by atoms with Gasteiger partial charge in [0.25, 0.3) is 0 Å². The molecule has 5 nitrogen and oxygen atoms in total. The van der Waals surface area contributed by atoms with Gasteiger partial charge < -0.3 is 19.6 Å². The van der Waals surface area contributed by atoms with Crippen LogP contribution in [0.15, 0.2) is 35.0 Å². The van der Waals surface area contributed by atoms with Crippen molar-refractivity contribution < 1.29 is 9.26 Å². The average Bonchev–Trinajstić information content (AvgIpc) is 2.95. The molecule has 0 atom stereocenters. The van der Waals surface area contributed by atoms with E-state index in [4.69, 9.17) is 15.0 Å². The summed E-state index contributed by atoms with van der Waals surface area (Å²) in [7, 11) is 3.64. The van der Waals surface area contributed by atoms with Crippen LogP contribution in [0.25, 0.3) is 22.2 Å². The Morgan fingerprint density at radius 1 is 1.33 bits per heavy atom. The zero-order chi connectivity index (χ0) is 12.7. The van der Waals surface area contributed by atoms with Crippen molar-refractivity contribution >= 4 is 16.8 Å². The summed E-state index contributed by atoms with van der Waals surface area (Å²) >= 11 is 0. The predicted molar refractivity (Wildman–Crippen MR) is 69.4 cm³/mol. The molecule has 0 spiro atoms. The van der Waals surface area contributed by atoms with Crippen molar-refractivity contribution in [3.8, 4) is 17.0 Å². The Bertz CT molecular complexity index is 712. The van der Waals surface area contributed by atoms with E-state index in [1.807, 2.05) is 36.0 Å². The van der Waals surface area contributed by atoms with Crippen LogP contribution in [0, 0.1) is 0 Å². The molecule has 2 N–H and O–H groups in total. The minimum absolute atomic E-state index is 0.292. The van der Waals surface area contributed by atoms with Crippen LogP contribution in [0.2, 0.25) is 0 Å². The van der Waals surface area contributed by atoms with Gasteiger partial charge in [-0.3, -0.25) is 0 Å². The molecule has 0 amide bonds. The molecule has 0 fully saturated rings. The van der Waals surface area contributed by atoms with Crippen molar-refractivity contribution in [1.82, 2.24) is 9.72 Å². The number of methoxy groups -OCH3 is 1. The molecule has 3 rings (SSSR count).